The van der Waals surface area contributed by atoms with E-state index in [2.05, 4.69) is 5.32 Å². The van der Waals surface area contributed by atoms with Crippen LogP contribution in [0.25, 0.3) is 0 Å². The van der Waals surface area contributed by atoms with E-state index < -0.39 is 6.09 Å². The molecule has 1 amide bonds. The third kappa shape index (κ3) is 5.11. The van der Waals surface area contributed by atoms with Crippen LogP contribution in [-0.2, 0) is 0 Å². The first kappa shape index (κ1) is 15.7. The van der Waals surface area contributed by atoms with Gasteiger partial charge < -0.3 is 10.4 Å². The normalized spacial score (nSPS) is 10.7. The number of nitrogens with zero attached hydrogens (tertiary/aromatic N) is 1. The van der Waals surface area contributed by atoms with Crippen molar-refractivity contribution in [3.63, 3.8) is 0 Å². The second-order valence-electron chi connectivity index (χ2n) is 5.44. The number of amides is 1. The van der Waals surface area contributed by atoms with Gasteiger partial charge in [0.1, 0.15) is 0 Å². The number of carbonyl (C=O) groups is 2. The number of carboxylic acid groups (broad SMARTS) is 1. The third-order valence-corrected chi connectivity index (χ3v) is 3.05. The van der Waals surface area contributed by atoms with Crippen LogP contribution >= 0.6 is 0 Å². The number of nitrogens with one attached hydrogen (secondary N) is 1. The fraction of sp³-hybridized carbons (Fsp3) is 0.400. The summed E-state index contributed by atoms with van der Waals surface area (Å²) in [4.78, 5) is 22.5. The Hall–Kier alpha value is -2.35. The summed E-state index contributed by atoms with van der Waals surface area (Å²) in [7, 11) is 0. The first-order valence-corrected chi connectivity index (χ1v) is 6.34. The van der Waals surface area contributed by atoms with Gasteiger partial charge in [0.25, 0.3) is 0 Å². The minimum absolute atomic E-state index is 0.00480. The summed E-state index contributed by atoms with van der Waals surface area (Å²) >= 11 is 0. The van der Waals surface area contributed by atoms with Crippen molar-refractivity contribution in [2.75, 3.05) is 6.54 Å². The van der Waals surface area contributed by atoms with Crippen molar-refractivity contribution in [2.24, 2.45) is 5.41 Å². The first-order chi connectivity index (χ1) is 9.34. The molecule has 1 rings (SSSR count). The molecule has 0 aliphatic rings. The van der Waals surface area contributed by atoms with Crippen molar-refractivity contribution in [1.82, 2.24) is 5.32 Å². The lowest BCUT2D eigenvalue weighted by molar-refractivity contribution is 0.0926. The fourth-order valence-electron chi connectivity index (χ4n) is 1.86. The van der Waals surface area contributed by atoms with Crippen LogP contribution in [-0.4, -0.2) is 23.5 Å². The topological polar surface area (TPSA) is 90.2 Å². The molecule has 0 aromatic heterocycles. The Kier molecular flexibility index (Phi) is 5.27. The summed E-state index contributed by atoms with van der Waals surface area (Å²) in [5.41, 5.74) is 0.808. The Morgan fingerprint density at radius 3 is 2.40 bits per heavy atom. The minimum Gasteiger partial charge on any atom is -0.465 e. The molecule has 1 aromatic rings. The van der Waals surface area contributed by atoms with E-state index in [1.165, 1.54) is 0 Å². The summed E-state index contributed by atoms with van der Waals surface area (Å²) < 4.78 is 0. The van der Waals surface area contributed by atoms with Gasteiger partial charge in [0, 0.05) is 18.5 Å². The lowest BCUT2D eigenvalue weighted by atomic mass is 9.82. The van der Waals surface area contributed by atoms with Crippen LogP contribution in [0.15, 0.2) is 24.3 Å². The molecule has 0 heterocycles. The van der Waals surface area contributed by atoms with Gasteiger partial charge >= 0.3 is 6.09 Å². The molecule has 2 N–H and O–H groups in total. The van der Waals surface area contributed by atoms with Crippen molar-refractivity contribution < 1.29 is 14.7 Å². The average Bonchev–Trinajstić information content (AvgIpc) is 2.37. The predicted octanol–water partition coefficient (Wildman–Crippen LogP) is 2.81. The second kappa shape index (κ2) is 6.71. The second-order valence-corrected chi connectivity index (χ2v) is 5.44. The number of ketones is 1. The number of hydrogen-bond donors (Lipinski definition) is 2. The summed E-state index contributed by atoms with van der Waals surface area (Å²) in [6.07, 6.45) is -0.138. The van der Waals surface area contributed by atoms with Gasteiger partial charge in [0.05, 0.1) is 11.6 Å². The maximum absolute atomic E-state index is 12.1. The van der Waals surface area contributed by atoms with E-state index in [-0.39, 0.29) is 11.2 Å². The molecule has 0 radical (unpaired) electrons. The summed E-state index contributed by atoms with van der Waals surface area (Å²) in [5.74, 6) is -0.00480. The Bertz CT molecular complexity index is 527. The Morgan fingerprint density at radius 2 is 1.90 bits per heavy atom. The van der Waals surface area contributed by atoms with Gasteiger partial charge in [-0.15, -0.1) is 0 Å². The molecule has 0 unspecified atom stereocenters. The highest BCUT2D eigenvalue weighted by molar-refractivity contribution is 5.96. The quantitative estimate of drug-likeness (QED) is 0.780. The van der Waals surface area contributed by atoms with Crippen LogP contribution in [0.4, 0.5) is 4.79 Å². The fourth-order valence-corrected chi connectivity index (χ4v) is 1.86. The number of benzene rings is 1. The highest BCUT2D eigenvalue weighted by Crippen LogP contribution is 2.26. The third-order valence-electron chi connectivity index (χ3n) is 3.05. The van der Waals surface area contributed by atoms with E-state index in [9.17, 15) is 9.59 Å². The summed E-state index contributed by atoms with van der Waals surface area (Å²) in [6, 6.07) is 8.53. The van der Waals surface area contributed by atoms with Crippen molar-refractivity contribution in [3.05, 3.63) is 35.4 Å². The molecule has 0 atom stereocenters. The number of nitriles is 1. The summed E-state index contributed by atoms with van der Waals surface area (Å²) in [6.45, 7) is 4.18. The Labute approximate surface area is 118 Å². The van der Waals surface area contributed by atoms with Crippen molar-refractivity contribution in [3.8, 4) is 6.07 Å². The van der Waals surface area contributed by atoms with E-state index in [1.807, 2.05) is 19.9 Å². The molecular formula is C15H18N2O3. The van der Waals surface area contributed by atoms with Crippen molar-refractivity contribution >= 4 is 11.9 Å². The number of rotatable bonds is 6. The maximum Gasteiger partial charge on any atom is 0.404 e. The molecule has 0 saturated carbocycles. The van der Waals surface area contributed by atoms with Gasteiger partial charge in [-0.2, -0.15) is 5.26 Å². The molecule has 0 aliphatic heterocycles. The van der Waals surface area contributed by atoms with Gasteiger partial charge in [0.2, 0.25) is 0 Å². The van der Waals surface area contributed by atoms with Crippen LogP contribution in [0.1, 0.15) is 42.6 Å². The first-order valence-electron chi connectivity index (χ1n) is 6.34. The Balaban J connectivity index is 2.59. The Morgan fingerprint density at radius 1 is 1.30 bits per heavy atom. The number of Topliss-reactive ketones (excluding diaryl/α,β-unsaturated/α-hetero) is 1. The maximum atomic E-state index is 12.1. The molecule has 0 spiro atoms. The summed E-state index contributed by atoms with van der Waals surface area (Å²) in [5, 5.41) is 19.5. The molecule has 5 nitrogen and oxygen atoms in total. The van der Waals surface area contributed by atoms with E-state index in [1.54, 1.807) is 24.3 Å². The van der Waals surface area contributed by atoms with E-state index >= 15 is 0 Å². The highest BCUT2D eigenvalue weighted by atomic mass is 16.4. The van der Waals surface area contributed by atoms with Crippen molar-refractivity contribution in [2.45, 2.75) is 26.7 Å². The van der Waals surface area contributed by atoms with Crippen LogP contribution < -0.4 is 5.32 Å². The molecule has 0 bridgehead atoms. The van der Waals surface area contributed by atoms with Gasteiger partial charge in [-0.25, -0.2) is 4.79 Å². The smallest absolute Gasteiger partial charge is 0.404 e. The van der Waals surface area contributed by atoms with E-state index in [4.69, 9.17) is 10.4 Å². The molecule has 106 valence electrons. The van der Waals surface area contributed by atoms with Gasteiger partial charge in [-0.3, -0.25) is 4.79 Å². The molecular weight excluding hydrogens is 256 g/mol. The molecule has 0 aliphatic carbocycles. The zero-order chi connectivity index (χ0) is 15.2. The van der Waals surface area contributed by atoms with Gasteiger partial charge in [0.15, 0.2) is 5.78 Å². The number of hydrogen-bond acceptors (Lipinski definition) is 3. The lowest BCUT2D eigenvalue weighted by Crippen LogP contribution is -2.27. The standard InChI is InChI=1S/C15H18N2O3/c1-15(2,7-8-17-14(19)20)9-13(18)12-5-3-11(10-16)4-6-12/h3-6,17H,7-9H2,1-2H3,(H,19,20). The van der Waals surface area contributed by atoms with Crippen LogP contribution in [0.2, 0.25) is 0 Å². The van der Waals surface area contributed by atoms with Crippen molar-refractivity contribution in [1.29, 1.82) is 5.26 Å². The predicted molar refractivity (Wildman–Crippen MR) is 74.5 cm³/mol. The van der Waals surface area contributed by atoms with Gasteiger partial charge in [-0.1, -0.05) is 26.0 Å². The van der Waals surface area contributed by atoms with Crippen LogP contribution in [0.3, 0.4) is 0 Å². The average molecular weight is 274 g/mol. The minimum atomic E-state index is -1.06. The highest BCUT2D eigenvalue weighted by Gasteiger charge is 2.22. The monoisotopic (exact) mass is 274 g/mol. The molecule has 0 saturated heterocycles. The molecule has 5 heteroatoms. The zero-order valence-electron chi connectivity index (χ0n) is 11.6. The SMILES string of the molecule is CC(C)(CCNC(=O)O)CC(=O)c1ccc(C#N)cc1. The molecule has 1 aromatic carbocycles. The van der Waals surface area contributed by atoms with E-state index in [0.717, 1.165) is 0 Å². The van der Waals surface area contributed by atoms with Gasteiger partial charge in [-0.05, 0) is 24.0 Å². The molecule has 20 heavy (non-hydrogen) atoms. The van der Waals surface area contributed by atoms with E-state index in [0.29, 0.717) is 30.5 Å². The molecule has 0 fully saturated rings. The lowest BCUT2D eigenvalue weighted by Gasteiger charge is -2.23. The zero-order valence-corrected chi connectivity index (χ0v) is 11.6. The largest absolute Gasteiger partial charge is 0.465 e. The van der Waals surface area contributed by atoms with Crippen LogP contribution in [0, 0.1) is 16.7 Å². The number of carbonyl (C=O) groups excluding carboxylic acids is 1. The van der Waals surface area contributed by atoms with Crippen LogP contribution in [0.5, 0.6) is 0 Å².